The van der Waals surface area contributed by atoms with E-state index in [2.05, 4.69) is 15.1 Å². The number of aryl methyl sites for hydroxylation is 1. The summed E-state index contributed by atoms with van der Waals surface area (Å²) in [5, 5.41) is 20.6. The van der Waals surface area contributed by atoms with Crippen molar-refractivity contribution in [2.75, 3.05) is 13.2 Å². The predicted octanol–water partition coefficient (Wildman–Crippen LogP) is 2.19. The zero-order valence-corrected chi connectivity index (χ0v) is 15.3. The maximum atomic E-state index is 9.30. The number of imidazole rings is 1. The first kappa shape index (κ1) is 20.6. The Morgan fingerprint density at radius 3 is 2.62 bits per heavy atom. The summed E-state index contributed by atoms with van der Waals surface area (Å²) in [4.78, 5) is 6.86. The molecule has 138 valence electrons. The smallest absolute Gasteiger partial charge is 0.163 e. The van der Waals surface area contributed by atoms with Gasteiger partial charge in [0.15, 0.2) is 17.4 Å². The molecule has 8 heteroatoms. The summed E-state index contributed by atoms with van der Waals surface area (Å²) < 4.78 is 16.2. The third-order valence-electron chi connectivity index (χ3n) is 3.16. The highest BCUT2D eigenvalue weighted by atomic mass is 16.7. The molecule has 0 aliphatic carbocycles. The largest absolute Gasteiger partial charge is 0.411 e. The number of oxime groups is 1. The lowest BCUT2D eigenvalue weighted by molar-refractivity contribution is -0.183. The molecular formula is C16H29N3O5. The molecule has 0 aromatic carbocycles. The second-order valence-corrected chi connectivity index (χ2v) is 6.63. The number of hydrogen-bond donors (Lipinski definition) is 3. The number of aliphatic hydroxyl groups is 1. The van der Waals surface area contributed by atoms with E-state index in [0.29, 0.717) is 24.7 Å². The molecule has 3 N–H and O–H groups in total. The van der Waals surface area contributed by atoms with Crippen molar-refractivity contribution in [3.8, 4) is 0 Å². The van der Waals surface area contributed by atoms with Crippen molar-refractivity contribution >= 4 is 5.71 Å². The lowest BCUT2D eigenvalue weighted by Gasteiger charge is -2.20. The van der Waals surface area contributed by atoms with Crippen LogP contribution in [0.2, 0.25) is 0 Å². The summed E-state index contributed by atoms with van der Waals surface area (Å²) in [7, 11) is 0. The molecule has 1 aliphatic heterocycles. The molecule has 1 aromatic heterocycles. The van der Waals surface area contributed by atoms with Gasteiger partial charge >= 0.3 is 0 Å². The molecule has 1 aliphatic rings. The third-order valence-corrected chi connectivity index (χ3v) is 3.16. The first-order valence-corrected chi connectivity index (χ1v) is 7.91. The first-order chi connectivity index (χ1) is 11.0. The van der Waals surface area contributed by atoms with E-state index in [4.69, 9.17) is 19.4 Å². The first-order valence-electron chi connectivity index (χ1n) is 7.91. The van der Waals surface area contributed by atoms with Crippen LogP contribution >= 0.6 is 0 Å². The summed E-state index contributed by atoms with van der Waals surface area (Å²) in [6.07, 6.45) is 2.50. The van der Waals surface area contributed by atoms with Crippen LogP contribution in [0.5, 0.6) is 0 Å². The van der Waals surface area contributed by atoms with Gasteiger partial charge in [0.1, 0.15) is 5.71 Å². The van der Waals surface area contributed by atoms with Crippen molar-refractivity contribution < 1.29 is 24.5 Å². The molecule has 1 saturated heterocycles. The van der Waals surface area contributed by atoms with Crippen molar-refractivity contribution in [3.05, 3.63) is 17.7 Å². The molecule has 0 saturated carbocycles. The summed E-state index contributed by atoms with van der Waals surface area (Å²) in [5.74, 6) is -0.922. The molecule has 1 atom stereocenters. The molecule has 8 nitrogen and oxygen atoms in total. The van der Waals surface area contributed by atoms with Gasteiger partial charge < -0.3 is 29.5 Å². The minimum Gasteiger partial charge on any atom is -0.411 e. The fourth-order valence-corrected chi connectivity index (χ4v) is 1.99. The van der Waals surface area contributed by atoms with Gasteiger partial charge in [-0.05, 0) is 48.0 Å². The number of ether oxygens (including phenoxy) is 3. The lowest BCUT2D eigenvalue weighted by Crippen LogP contribution is -2.26. The maximum Gasteiger partial charge on any atom is 0.163 e. The highest BCUT2D eigenvalue weighted by Crippen LogP contribution is 2.24. The number of nitrogens with one attached hydrogen (secondary N) is 1. The SMILES string of the molecule is C/C(=N\O)c1ncc(C)[nH]1.CC(C)(O)OCCC1COC(C)(C)O1. The van der Waals surface area contributed by atoms with Crippen molar-refractivity contribution in [2.24, 2.45) is 5.16 Å². The Hall–Kier alpha value is -1.48. The van der Waals surface area contributed by atoms with Crippen molar-refractivity contribution in [1.82, 2.24) is 9.97 Å². The fraction of sp³-hybridized carbons (Fsp3) is 0.750. The third kappa shape index (κ3) is 7.87. The molecule has 1 fully saturated rings. The zero-order chi connectivity index (χ0) is 18.4. The van der Waals surface area contributed by atoms with E-state index in [0.717, 1.165) is 12.1 Å². The molecular weight excluding hydrogens is 314 g/mol. The maximum absolute atomic E-state index is 9.30. The minimum atomic E-state index is -1.06. The van der Waals surface area contributed by atoms with Crippen molar-refractivity contribution in [1.29, 1.82) is 0 Å². The number of aromatic nitrogens is 2. The van der Waals surface area contributed by atoms with Crippen LogP contribution in [0, 0.1) is 6.92 Å². The van der Waals surface area contributed by atoms with Crippen LogP contribution in [-0.4, -0.2) is 56.9 Å². The van der Waals surface area contributed by atoms with Crippen LogP contribution in [0.3, 0.4) is 0 Å². The van der Waals surface area contributed by atoms with E-state index >= 15 is 0 Å². The molecule has 24 heavy (non-hydrogen) atoms. The quantitative estimate of drug-likeness (QED) is 0.327. The topological polar surface area (TPSA) is 109 Å². The van der Waals surface area contributed by atoms with Gasteiger partial charge in [-0.3, -0.25) is 0 Å². The van der Waals surface area contributed by atoms with Gasteiger partial charge in [-0.1, -0.05) is 5.16 Å². The van der Waals surface area contributed by atoms with E-state index < -0.39 is 11.6 Å². The molecule has 2 heterocycles. The molecule has 0 bridgehead atoms. The second kappa shape index (κ2) is 8.57. The van der Waals surface area contributed by atoms with Crippen LogP contribution in [0.4, 0.5) is 0 Å². The van der Waals surface area contributed by atoms with Gasteiger partial charge in [0.2, 0.25) is 0 Å². The van der Waals surface area contributed by atoms with Gasteiger partial charge in [0, 0.05) is 11.9 Å². The van der Waals surface area contributed by atoms with E-state index in [-0.39, 0.29) is 6.10 Å². The van der Waals surface area contributed by atoms with Crippen LogP contribution in [0.1, 0.15) is 52.6 Å². The Labute approximate surface area is 142 Å². The summed E-state index contributed by atoms with van der Waals surface area (Å²) in [6, 6.07) is 0. The zero-order valence-electron chi connectivity index (χ0n) is 15.3. The van der Waals surface area contributed by atoms with Crippen LogP contribution < -0.4 is 0 Å². The Morgan fingerprint density at radius 2 is 2.21 bits per heavy atom. The molecule has 0 amide bonds. The van der Waals surface area contributed by atoms with Crippen molar-refractivity contribution in [2.45, 2.75) is 65.6 Å². The van der Waals surface area contributed by atoms with Gasteiger partial charge in [-0.15, -0.1) is 0 Å². The molecule has 0 spiro atoms. The van der Waals surface area contributed by atoms with E-state index in [9.17, 15) is 5.11 Å². The van der Waals surface area contributed by atoms with Crippen molar-refractivity contribution in [3.63, 3.8) is 0 Å². The Balaban J connectivity index is 0.000000254. The number of aromatic amines is 1. The Kier molecular flexibility index (Phi) is 7.34. The molecule has 1 unspecified atom stereocenters. The Morgan fingerprint density at radius 1 is 1.54 bits per heavy atom. The van der Waals surface area contributed by atoms with Crippen LogP contribution in [0.25, 0.3) is 0 Å². The van der Waals surface area contributed by atoms with Gasteiger partial charge in [-0.2, -0.15) is 0 Å². The fourth-order valence-electron chi connectivity index (χ4n) is 1.99. The summed E-state index contributed by atoms with van der Waals surface area (Å²) in [6.45, 7) is 11.7. The average molecular weight is 343 g/mol. The number of hydrogen-bond acceptors (Lipinski definition) is 7. The van der Waals surface area contributed by atoms with E-state index in [1.807, 2.05) is 20.8 Å². The molecule has 1 aromatic rings. The highest BCUT2D eigenvalue weighted by Gasteiger charge is 2.32. The molecule has 0 radical (unpaired) electrons. The molecule has 2 rings (SSSR count). The standard InChI is InChI=1S/C10H20O4.C6H9N3O/c1-9(2,11)12-6-5-8-7-13-10(3,4)14-8;1-4-3-7-6(8-4)5(2)9-10/h8,11H,5-7H2,1-4H3;3,10H,1-2H3,(H,7,8)/b;9-5+. The normalized spacial score (nSPS) is 20.6. The predicted molar refractivity (Wildman–Crippen MR) is 89.1 cm³/mol. The van der Waals surface area contributed by atoms with Gasteiger partial charge in [0.05, 0.1) is 19.3 Å². The highest BCUT2D eigenvalue weighted by molar-refractivity contribution is 5.94. The van der Waals surface area contributed by atoms with Gasteiger partial charge in [0.25, 0.3) is 0 Å². The monoisotopic (exact) mass is 343 g/mol. The van der Waals surface area contributed by atoms with Crippen LogP contribution in [-0.2, 0) is 14.2 Å². The van der Waals surface area contributed by atoms with E-state index in [1.54, 1.807) is 27.0 Å². The van der Waals surface area contributed by atoms with Gasteiger partial charge in [-0.25, -0.2) is 4.98 Å². The minimum absolute atomic E-state index is 0.0762. The Bertz CT molecular complexity index is 534. The lowest BCUT2D eigenvalue weighted by atomic mass is 10.3. The number of rotatable bonds is 5. The second-order valence-electron chi connectivity index (χ2n) is 6.63. The summed E-state index contributed by atoms with van der Waals surface area (Å²) >= 11 is 0. The van der Waals surface area contributed by atoms with Crippen LogP contribution in [0.15, 0.2) is 11.4 Å². The number of H-pyrrole nitrogens is 1. The average Bonchev–Trinajstić information content (AvgIpc) is 3.03. The summed E-state index contributed by atoms with van der Waals surface area (Å²) in [5.41, 5.74) is 1.45. The van der Waals surface area contributed by atoms with E-state index in [1.165, 1.54) is 0 Å². The number of nitrogens with zero attached hydrogens (tertiary/aromatic N) is 2.